The Morgan fingerprint density at radius 3 is 1.85 bits per heavy atom. The zero-order chi connectivity index (χ0) is 44.1. The maximum absolute atomic E-state index is 13.4. The zero-order valence-electron chi connectivity index (χ0n) is 34.2. The van der Waals surface area contributed by atoms with Crippen LogP contribution in [0.1, 0.15) is 76.7 Å². The van der Waals surface area contributed by atoms with Gasteiger partial charge < -0.3 is 61.4 Å². The van der Waals surface area contributed by atoms with Crippen molar-refractivity contribution in [1.82, 2.24) is 31.9 Å². The van der Waals surface area contributed by atoms with Gasteiger partial charge in [-0.25, -0.2) is 14.4 Å². The summed E-state index contributed by atoms with van der Waals surface area (Å²) in [5.41, 5.74) is 0.843. The van der Waals surface area contributed by atoms with Gasteiger partial charge in [-0.1, -0.05) is 30.3 Å². The molecule has 1 fully saturated rings. The Morgan fingerprint density at radius 1 is 0.650 bits per heavy atom. The Labute approximate surface area is 349 Å². The number of carbonyl (C=O) groups excluding carboxylic acids is 5. The molecule has 1 saturated carbocycles. The molecule has 3 atom stereocenters. The van der Waals surface area contributed by atoms with Crippen molar-refractivity contribution in [3.05, 3.63) is 35.9 Å². The molecule has 1 aliphatic carbocycles. The van der Waals surface area contributed by atoms with E-state index < -0.39 is 54.4 Å². The van der Waals surface area contributed by atoms with Crippen LogP contribution < -0.4 is 31.9 Å². The highest BCUT2D eigenvalue weighted by atomic mass is 16.5. The van der Waals surface area contributed by atoms with Crippen LogP contribution in [-0.2, 0) is 54.2 Å². The minimum atomic E-state index is -1.52. The molecule has 6 amide bonds. The summed E-state index contributed by atoms with van der Waals surface area (Å²) < 4.78 is 16.2. The molecule has 0 bridgehead atoms. The highest BCUT2D eigenvalue weighted by Crippen LogP contribution is 2.28. The molecule has 20 nitrogen and oxygen atoms in total. The third-order valence-corrected chi connectivity index (χ3v) is 9.63. The maximum atomic E-state index is 13.4. The molecule has 1 aromatic carbocycles. The molecule has 336 valence electrons. The molecule has 0 heterocycles. The summed E-state index contributed by atoms with van der Waals surface area (Å²) in [4.78, 5) is 96.0. The van der Waals surface area contributed by atoms with Crippen molar-refractivity contribution >= 4 is 47.6 Å². The van der Waals surface area contributed by atoms with E-state index in [0.717, 1.165) is 18.4 Å². The second-order valence-corrected chi connectivity index (χ2v) is 14.5. The number of carboxylic acid groups (broad SMARTS) is 3. The molecule has 1 aliphatic rings. The van der Waals surface area contributed by atoms with Gasteiger partial charge in [-0.3, -0.25) is 24.0 Å². The largest absolute Gasteiger partial charge is 0.481 e. The lowest BCUT2D eigenvalue weighted by molar-refractivity contribution is -0.141. The van der Waals surface area contributed by atoms with E-state index in [9.17, 15) is 48.6 Å². The smallest absolute Gasteiger partial charge is 0.326 e. The van der Waals surface area contributed by atoms with Gasteiger partial charge in [-0.15, -0.1) is 0 Å². The third-order valence-electron chi connectivity index (χ3n) is 9.63. The van der Waals surface area contributed by atoms with Gasteiger partial charge in [-0.05, 0) is 62.8 Å². The molecular formula is C40H62N6O14. The number of urea groups is 1. The van der Waals surface area contributed by atoms with Crippen LogP contribution in [0, 0.1) is 11.8 Å². The van der Waals surface area contributed by atoms with E-state index in [1.165, 1.54) is 6.92 Å². The molecule has 0 spiro atoms. The normalized spacial score (nSPS) is 16.3. The molecule has 0 saturated heterocycles. The molecule has 9 N–H and O–H groups in total. The van der Waals surface area contributed by atoms with Gasteiger partial charge in [0.1, 0.15) is 18.1 Å². The van der Waals surface area contributed by atoms with Gasteiger partial charge in [0, 0.05) is 51.7 Å². The monoisotopic (exact) mass is 850 g/mol. The fourth-order valence-electron chi connectivity index (χ4n) is 6.28. The Hall–Kier alpha value is -5.34. The average Bonchev–Trinajstić information content (AvgIpc) is 3.21. The first kappa shape index (κ1) is 50.8. The van der Waals surface area contributed by atoms with E-state index >= 15 is 0 Å². The second kappa shape index (κ2) is 29.8. The van der Waals surface area contributed by atoms with Crippen molar-refractivity contribution in [1.29, 1.82) is 0 Å². The van der Waals surface area contributed by atoms with Gasteiger partial charge in [0.15, 0.2) is 0 Å². The number of unbranched alkanes of at least 4 members (excludes halogenated alkanes) is 1. The number of hydrogen-bond donors (Lipinski definition) is 9. The van der Waals surface area contributed by atoms with E-state index in [1.54, 1.807) is 0 Å². The molecule has 0 radical (unpaired) electrons. The van der Waals surface area contributed by atoms with Gasteiger partial charge >= 0.3 is 23.9 Å². The van der Waals surface area contributed by atoms with Gasteiger partial charge in [0.25, 0.3) is 0 Å². The topological polar surface area (TPSA) is 297 Å². The van der Waals surface area contributed by atoms with E-state index in [2.05, 4.69) is 31.9 Å². The Morgan fingerprint density at radius 2 is 1.25 bits per heavy atom. The highest BCUT2D eigenvalue weighted by Gasteiger charge is 2.30. The van der Waals surface area contributed by atoms with Crippen molar-refractivity contribution in [2.24, 2.45) is 11.8 Å². The number of hydrogen-bond acceptors (Lipinski definition) is 11. The average molecular weight is 851 g/mol. The van der Waals surface area contributed by atoms with Crippen LogP contribution in [0.15, 0.2) is 30.3 Å². The summed E-state index contributed by atoms with van der Waals surface area (Å²) in [6, 6.07) is 4.39. The number of nitrogens with one attached hydrogen (secondary N) is 6. The standard InChI is InChI=1S/C40H62N6O14/c1-27(47)41-18-20-59-22-24-60-23-21-58-19-16-34(48)43-26-29-10-12-30(13-11-29)36(51)44-33(25-28-7-3-2-4-8-28)37(52)42-17-6-5-9-31(38(53)54)45-40(57)46-32(39(55)56)14-15-35(49)50/h2-4,7-8,29-33H,5-6,9-26H2,1H3,(H,41,47)(H,42,52)(H,43,48)(H,44,51)(H,49,50)(H,53,54)(H,55,56)(H2,45,46,57)/t29?,30?,31-,32-,33+/m0/s1. The lowest BCUT2D eigenvalue weighted by Gasteiger charge is -2.29. The first-order chi connectivity index (χ1) is 28.7. The molecule has 0 aliphatic heterocycles. The Kier molecular flexibility index (Phi) is 25.2. The molecule has 2 rings (SSSR count). The molecule has 20 heteroatoms. The number of benzene rings is 1. The fraction of sp³-hybridized carbons (Fsp3) is 0.650. The highest BCUT2D eigenvalue weighted by molar-refractivity contribution is 5.89. The Balaban J connectivity index is 1.71. The van der Waals surface area contributed by atoms with Crippen LogP contribution in [0.3, 0.4) is 0 Å². The Bertz CT molecular complexity index is 1510. The minimum Gasteiger partial charge on any atom is -0.481 e. The molecule has 0 unspecified atom stereocenters. The molecule has 1 aromatic rings. The first-order valence-electron chi connectivity index (χ1n) is 20.4. The van der Waals surface area contributed by atoms with Crippen LogP contribution in [0.4, 0.5) is 4.79 Å². The van der Waals surface area contributed by atoms with Crippen LogP contribution >= 0.6 is 0 Å². The van der Waals surface area contributed by atoms with Crippen molar-refractivity contribution in [2.45, 2.75) is 95.7 Å². The number of rotatable bonds is 31. The number of ether oxygens (including phenoxy) is 3. The zero-order valence-corrected chi connectivity index (χ0v) is 34.2. The molecule has 60 heavy (non-hydrogen) atoms. The summed E-state index contributed by atoms with van der Waals surface area (Å²) in [6.45, 7) is 4.71. The number of carbonyl (C=O) groups is 8. The lowest BCUT2D eigenvalue weighted by Crippen LogP contribution is -2.51. The van der Waals surface area contributed by atoms with Crippen molar-refractivity contribution < 1.29 is 67.9 Å². The van der Waals surface area contributed by atoms with E-state index in [1.807, 2.05) is 30.3 Å². The predicted molar refractivity (Wildman–Crippen MR) is 215 cm³/mol. The summed E-state index contributed by atoms with van der Waals surface area (Å²) in [5.74, 6) is -5.02. The maximum Gasteiger partial charge on any atom is 0.326 e. The van der Waals surface area contributed by atoms with Gasteiger partial charge in [0.2, 0.25) is 23.6 Å². The SMILES string of the molecule is CC(=O)NCCOCCOCCOCCC(=O)NCC1CCC(C(=O)N[C@H](Cc2ccccc2)C(=O)NCCCC[C@H](NC(=O)N[C@@H](CCC(=O)O)C(=O)O)C(=O)O)CC1. The van der Waals surface area contributed by atoms with Crippen LogP contribution in [-0.4, -0.2) is 140 Å². The summed E-state index contributed by atoms with van der Waals surface area (Å²) in [6.07, 6.45) is 2.81. The summed E-state index contributed by atoms with van der Waals surface area (Å²) >= 11 is 0. The number of aliphatic carboxylic acids is 3. The van der Waals surface area contributed by atoms with Crippen LogP contribution in [0.25, 0.3) is 0 Å². The second-order valence-electron chi connectivity index (χ2n) is 14.5. The molecule has 0 aromatic heterocycles. The summed E-state index contributed by atoms with van der Waals surface area (Å²) in [7, 11) is 0. The third kappa shape index (κ3) is 23.3. The van der Waals surface area contributed by atoms with Crippen molar-refractivity contribution in [2.75, 3.05) is 59.3 Å². The minimum absolute atomic E-state index is 0.0329. The predicted octanol–water partition coefficient (Wildman–Crippen LogP) is 0.569. The number of amides is 6. The van der Waals surface area contributed by atoms with Crippen molar-refractivity contribution in [3.63, 3.8) is 0 Å². The van der Waals surface area contributed by atoms with Gasteiger partial charge in [0.05, 0.1) is 39.6 Å². The quantitative estimate of drug-likeness (QED) is 0.0462. The van der Waals surface area contributed by atoms with Gasteiger partial charge in [-0.2, -0.15) is 0 Å². The van der Waals surface area contributed by atoms with Crippen molar-refractivity contribution in [3.8, 4) is 0 Å². The van der Waals surface area contributed by atoms with E-state index in [0.29, 0.717) is 65.4 Å². The first-order valence-corrected chi connectivity index (χ1v) is 20.4. The van der Waals surface area contributed by atoms with E-state index in [4.69, 9.17) is 19.3 Å². The number of carboxylic acids is 3. The van der Waals surface area contributed by atoms with E-state index in [-0.39, 0.29) is 74.8 Å². The lowest BCUT2D eigenvalue weighted by atomic mass is 9.81. The van der Waals surface area contributed by atoms with Crippen LogP contribution in [0.5, 0.6) is 0 Å². The van der Waals surface area contributed by atoms with Crippen LogP contribution in [0.2, 0.25) is 0 Å². The molecular weight excluding hydrogens is 788 g/mol. The summed E-state index contributed by atoms with van der Waals surface area (Å²) in [5, 5.41) is 43.2. The fourth-order valence-corrected chi connectivity index (χ4v) is 6.28.